The highest BCUT2D eigenvalue weighted by Gasteiger charge is 2.25. The standard InChI is InChI=1S/C18H22N6O/c1-4-19-7-5-13-11(2)16(22-12(13)3)9-14-17(23-24-18(14)25)15-6-8-20-10-21-15/h6,8-10,19,22H,4-5,7H2,1-3H3,(H,24,25). The van der Waals surface area contributed by atoms with Gasteiger partial charge in [-0.25, -0.2) is 15.4 Å². The lowest BCUT2D eigenvalue weighted by molar-refractivity contribution is -0.116. The first-order chi connectivity index (χ1) is 12.1. The molecule has 3 N–H and O–H groups in total. The number of hydrogen-bond acceptors (Lipinski definition) is 5. The van der Waals surface area contributed by atoms with Crippen molar-refractivity contribution in [3.8, 4) is 0 Å². The van der Waals surface area contributed by atoms with Gasteiger partial charge in [-0.3, -0.25) is 4.79 Å². The molecule has 0 unspecified atom stereocenters. The van der Waals surface area contributed by atoms with Crippen molar-refractivity contribution in [3.05, 3.63) is 52.4 Å². The minimum atomic E-state index is -0.227. The van der Waals surface area contributed by atoms with E-state index in [1.54, 1.807) is 12.3 Å². The number of hydrogen-bond donors (Lipinski definition) is 3. The summed E-state index contributed by atoms with van der Waals surface area (Å²) in [5, 5.41) is 7.46. The fourth-order valence-corrected chi connectivity index (χ4v) is 2.96. The maximum absolute atomic E-state index is 12.2. The van der Waals surface area contributed by atoms with Crippen LogP contribution in [-0.2, 0) is 11.2 Å². The molecule has 0 aromatic carbocycles. The van der Waals surface area contributed by atoms with Crippen molar-refractivity contribution in [2.75, 3.05) is 13.1 Å². The van der Waals surface area contributed by atoms with Gasteiger partial charge in [0.25, 0.3) is 5.91 Å². The molecule has 7 nitrogen and oxygen atoms in total. The molecule has 0 saturated heterocycles. The fourth-order valence-electron chi connectivity index (χ4n) is 2.96. The average Bonchev–Trinajstić information content (AvgIpc) is 3.11. The number of rotatable bonds is 6. The molecule has 0 spiro atoms. The summed E-state index contributed by atoms with van der Waals surface area (Å²) in [6.45, 7) is 8.12. The van der Waals surface area contributed by atoms with Gasteiger partial charge in [-0.1, -0.05) is 6.92 Å². The number of nitrogens with one attached hydrogen (secondary N) is 3. The minimum Gasteiger partial charge on any atom is -0.359 e. The van der Waals surface area contributed by atoms with Crippen molar-refractivity contribution in [2.24, 2.45) is 5.10 Å². The van der Waals surface area contributed by atoms with Gasteiger partial charge < -0.3 is 10.3 Å². The van der Waals surface area contributed by atoms with Crippen LogP contribution in [0.1, 0.15) is 35.1 Å². The SMILES string of the molecule is CCNCCc1c(C)[nH]c(C=C2C(=O)NN=C2c2ccncn2)c1C. The Morgan fingerprint density at radius 1 is 1.32 bits per heavy atom. The van der Waals surface area contributed by atoms with Gasteiger partial charge in [0, 0.05) is 17.6 Å². The van der Waals surface area contributed by atoms with Crippen molar-refractivity contribution in [3.63, 3.8) is 0 Å². The van der Waals surface area contributed by atoms with Gasteiger partial charge in [-0.05, 0) is 56.6 Å². The molecule has 0 bridgehead atoms. The van der Waals surface area contributed by atoms with Gasteiger partial charge in [0.05, 0.1) is 11.3 Å². The van der Waals surface area contributed by atoms with E-state index in [2.05, 4.69) is 51.6 Å². The van der Waals surface area contributed by atoms with Crippen LogP contribution in [0.5, 0.6) is 0 Å². The molecule has 3 heterocycles. The number of aromatic nitrogens is 3. The predicted octanol–water partition coefficient (Wildman–Crippen LogP) is 1.49. The Bertz CT molecular complexity index is 835. The number of carbonyl (C=O) groups excluding carboxylic acids is 1. The number of hydrazone groups is 1. The third-order valence-corrected chi connectivity index (χ3v) is 4.32. The number of likely N-dealkylation sites (N-methyl/N-ethyl adjacent to an activating group) is 1. The van der Waals surface area contributed by atoms with Crippen LogP contribution in [0.3, 0.4) is 0 Å². The Kier molecular flexibility index (Phi) is 5.04. The first-order valence-corrected chi connectivity index (χ1v) is 8.37. The second-order valence-electron chi connectivity index (χ2n) is 5.92. The van der Waals surface area contributed by atoms with Gasteiger partial charge in [-0.15, -0.1) is 0 Å². The Balaban J connectivity index is 1.93. The zero-order valence-corrected chi connectivity index (χ0v) is 14.7. The second-order valence-corrected chi connectivity index (χ2v) is 5.92. The largest absolute Gasteiger partial charge is 0.359 e. The fraction of sp³-hybridized carbons (Fsp3) is 0.333. The summed E-state index contributed by atoms with van der Waals surface area (Å²) in [5.41, 5.74) is 8.67. The molecular weight excluding hydrogens is 316 g/mol. The molecule has 1 amide bonds. The second kappa shape index (κ2) is 7.40. The topological polar surface area (TPSA) is 95.1 Å². The predicted molar refractivity (Wildman–Crippen MR) is 97.2 cm³/mol. The number of nitrogens with zero attached hydrogens (tertiary/aromatic N) is 3. The molecule has 0 radical (unpaired) electrons. The molecule has 25 heavy (non-hydrogen) atoms. The number of aromatic amines is 1. The average molecular weight is 338 g/mol. The van der Waals surface area contributed by atoms with E-state index >= 15 is 0 Å². The van der Waals surface area contributed by atoms with Crippen LogP contribution in [0.2, 0.25) is 0 Å². The van der Waals surface area contributed by atoms with Crippen molar-refractivity contribution in [2.45, 2.75) is 27.2 Å². The highest BCUT2D eigenvalue weighted by molar-refractivity contribution is 6.32. The first-order valence-electron chi connectivity index (χ1n) is 8.37. The summed E-state index contributed by atoms with van der Waals surface area (Å²) in [5.74, 6) is -0.227. The lowest BCUT2D eigenvalue weighted by Crippen LogP contribution is -2.16. The quantitative estimate of drug-likeness (QED) is 0.549. The maximum atomic E-state index is 12.2. The van der Waals surface area contributed by atoms with Crippen molar-refractivity contribution >= 4 is 17.7 Å². The van der Waals surface area contributed by atoms with E-state index in [0.29, 0.717) is 17.0 Å². The van der Waals surface area contributed by atoms with E-state index in [1.807, 2.05) is 6.08 Å². The first kappa shape index (κ1) is 17.0. The van der Waals surface area contributed by atoms with Crippen LogP contribution in [0, 0.1) is 13.8 Å². The zero-order chi connectivity index (χ0) is 17.8. The molecule has 1 aliphatic heterocycles. The van der Waals surface area contributed by atoms with Crippen LogP contribution in [-0.4, -0.2) is 39.7 Å². The Morgan fingerprint density at radius 2 is 2.16 bits per heavy atom. The van der Waals surface area contributed by atoms with E-state index in [4.69, 9.17) is 0 Å². The molecule has 2 aromatic heterocycles. The smallest absolute Gasteiger partial charge is 0.273 e. The van der Waals surface area contributed by atoms with Gasteiger partial charge in [0.1, 0.15) is 12.0 Å². The molecule has 0 atom stereocenters. The molecule has 130 valence electrons. The monoisotopic (exact) mass is 338 g/mol. The van der Waals surface area contributed by atoms with E-state index in [1.165, 1.54) is 11.9 Å². The lowest BCUT2D eigenvalue weighted by atomic mass is 10.0. The summed E-state index contributed by atoms with van der Waals surface area (Å²) < 4.78 is 0. The molecule has 3 rings (SSSR count). The minimum absolute atomic E-state index is 0.227. The van der Waals surface area contributed by atoms with E-state index in [0.717, 1.165) is 36.5 Å². The highest BCUT2D eigenvalue weighted by Crippen LogP contribution is 2.23. The van der Waals surface area contributed by atoms with E-state index in [9.17, 15) is 4.79 Å². The lowest BCUT2D eigenvalue weighted by Gasteiger charge is -2.03. The third kappa shape index (κ3) is 3.51. The van der Waals surface area contributed by atoms with E-state index in [-0.39, 0.29) is 5.91 Å². The summed E-state index contributed by atoms with van der Waals surface area (Å²) in [4.78, 5) is 23.7. The van der Waals surface area contributed by atoms with Gasteiger partial charge in [0.15, 0.2) is 0 Å². The number of aryl methyl sites for hydroxylation is 1. The summed E-state index contributed by atoms with van der Waals surface area (Å²) in [6, 6.07) is 1.74. The van der Waals surface area contributed by atoms with Crippen LogP contribution in [0.25, 0.3) is 6.08 Å². The van der Waals surface area contributed by atoms with Crippen molar-refractivity contribution < 1.29 is 4.79 Å². The van der Waals surface area contributed by atoms with Crippen LogP contribution in [0.15, 0.2) is 29.3 Å². The molecule has 0 aliphatic carbocycles. The van der Waals surface area contributed by atoms with Crippen molar-refractivity contribution in [1.29, 1.82) is 0 Å². The van der Waals surface area contributed by atoms with Crippen LogP contribution < -0.4 is 10.7 Å². The normalized spacial score (nSPS) is 15.6. The van der Waals surface area contributed by atoms with Gasteiger partial charge in [0.2, 0.25) is 0 Å². The third-order valence-electron chi connectivity index (χ3n) is 4.32. The highest BCUT2D eigenvalue weighted by atomic mass is 16.2. The van der Waals surface area contributed by atoms with Crippen LogP contribution in [0.4, 0.5) is 0 Å². The molecule has 2 aromatic rings. The van der Waals surface area contributed by atoms with Crippen LogP contribution >= 0.6 is 0 Å². The number of carbonyl (C=O) groups is 1. The Hall–Kier alpha value is -2.80. The summed E-state index contributed by atoms with van der Waals surface area (Å²) in [7, 11) is 0. The molecular formula is C18H22N6O. The van der Waals surface area contributed by atoms with Gasteiger partial charge in [-0.2, -0.15) is 5.10 Å². The summed E-state index contributed by atoms with van der Waals surface area (Å²) in [6.07, 6.45) is 5.88. The van der Waals surface area contributed by atoms with Crippen molar-refractivity contribution in [1.82, 2.24) is 25.7 Å². The molecule has 1 aliphatic rings. The zero-order valence-electron chi connectivity index (χ0n) is 14.7. The number of H-pyrrole nitrogens is 1. The Morgan fingerprint density at radius 3 is 2.88 bits per heavy atom. The molecule has 7 heteroatoms. The Labute approximate surface area is 146 Å². The van der Waals surface area contributed by atoms with Gasteiger partial charge >= 0.3 is 0 Å². The van der Waals surface area contributed by atoms with E-state index < -0.39 is 0 Å². The maximum Gasteiger partial charge on any atom is 0.273 e. The summed E-state index contributed by atoms with van der Waals surface area (Å²) >= 11 is 0. The molecule has 0 saturated carbocycles. The number of amides is 1. The molecule has 0 fully saturated rings.